The van der Waals surface area contributed by atoms with Gasteiger partial charge in [-0.2, -0.15) is 0 Å². The predicted molar refractivity (Wildman–Crippen MR) is 66.4 cm³/mol. The Morgan fingerprint density at radius 1 is 1.31 bits per heavy atom. The van der Waals surface area contributed by atoms with E-state index in [1.54, 1.807) is 0 Å². The molecule has 0 radical (unpaired) electrons. The van der Waals surface area contributed by atoms with Gasteiger partial charge < -0.3 is 10.5 Å². The maximum Gasteiger partial charge on any atom is 0.0512 e. The number of rotatable bonds is 2. The van der Waals surface area contributed by atoms with Crippen molar-refractivity contribution in [2.45, 2.75) is 32.7 Å². The van der Waals surface area contributed by atoms with Crippen molar-refractivity contribution >= 4 is 0 Å². The Balaban J connectivity index is 2.12. The highest BCUT2D eigenvalue weighted by Gasteiger charge is 2.22. The topological polar surface area (TPSA) is 35.2 Å². The maximum atomic E-state index is 6.31. The van der Waals surface area contributed by atoms with Crippen molar-refractivity contribution < 1.29 is 4.74 Å². The van der Waals surface area contributed by atoms with Gasteiger partial charge >= 0.3 is 0 Å². The number of nitrogens with two attached hydrogens (primary N) is 1. The molecular formula is C14H21NO. The van der Waals surface area contributed by atoms with Crippen LogP contribution in [-0.4, -0.2) is 13.2 Å². The second-order valence-corrected chi connectivity index (χ2v) is 4.85. The van der Waals surface area contributed by atoms with Crippen LogP contribution in [0.2, 0.25) is 0 Å². The second kappa shape index (κ2) is 4.98. The highest BCUT2D eigenvalue weighted by molar-refractivity contribution is 5.31. The van der Waals surface area contributed by atoms with Gasteiger partial charge in [-0.1, -0.05) is 18.2 Å². The van der Waals surface area contributed by atoms with Crippen molar-refractivity contribution in [3.8, 4) is 0 Å². The first kappa shape index (κ1) is 11.6. The molecule has 0 spiro atoms. The first-order valence-corrected chi connectivity index (χ1v) is 6.09. The fourth-order valence-electron chi connectivity index (χ4n) is 2.29. The largest absolute Gasteiger partial charge is 0.381 e. The van der Waals surface area contributed by atoms with E-state index in [0.29, 0.717) is 5.92 Å². The van der Waals surface area contributed by atoms with Crippen LogP contribution in [0.5, 0.6) is 0 Å². The summed E-state index contributed by atoms with van der Waals surface area (Å²) in [6.45, 7) is 5.99. The molecule has 2 nitrogen and oxygen atoms in total. The van der Waals surface area contributed by atoms with Crippen LogP contribution in [0.3, 0.4) is 0 Å². The van der Waals surface area contributed by atoms with E-state index in [9.17, 15) is 0 Å². The van der Waals surface area contributed by atoms with Crippen LogP contribution in [-0.2, 0) is 4.74 Å². The normalized spacial score (nSPS) is 23.1. The average molecular weight is 219 g/mol. The molecule has 1 fully saturated rings. The molecule has 2 rings (SSSR count). The quantitative estimate of drug-likeness (QED) is 0.830. The smallest absolute Gasteiger partial charge is 0.0512 e. The number of ether oxygens (including phenoxy) is 1. The molecule has 0 amide bonds. The summed E-state index contributed by atoms with van der Waals surface area (Å²) in [5.74, 6) is 0.482. The van der Waals surface area contributed by atoms with E-state index in [0.717, 1.165) is 19.6 Å². The molecule has 0 saturated carbocycles. The summed E-state index contributed by atoms with van der Waals surface area (Å²) in [5.41, 5.74) is 10.2. The van der Waals surface area contributed by atoms with E-state index in [1.165, 1.54) is 23.1 Å². The molecular weight excluding hydrogens is 198 g/mol. The lowest BCUT2D eigenvalue weighted by atomic mass is 9.88. The Morgan fingerprint density at radius 2 is 2.12 bits per heavy atom. The molecule has 0 aliphatic carbocycles. The van der Waals surface area contributed by atoms with Gasteiger partial charge in [0.05, 0.1) is 6.61 Å². The Labute approximate surface area is 97.8 Å². The van der Waals surface area contributed by atoms with E-state index in [-0.39, 0.29) is 6.04 Å². The SMILES string of the molecule is Cc1ccc(C(N)C2CCCOC2)cc1C. The van der Waals surface area contributed by atoms with Crippen LogP contribution in [0.4, 0.5) is 0 Å². The van der Waals surface area contributed by atoms with E-state index >= 15 is 0 Å². The van der Waals surface area contributed by atoms with Crippen LogP contribution in [0.1, 0.15) is 35.6 Å². The summed E-state index contributed by atoms with van der Waals surface area (Å²) in [6, 6.07) is 6.66. The van der Waals surface area contributed by atoms with Crippen LogP contribution in [0.15, 0.2) is 18.2 Å². The molecule has 1 aliphatic rings. The molecule has 2 atom stereocenters. The lowest BCUT2D eigenvalue weighted by molar-refractivity contribution is 0.0447. The Morgan fingerprint density at radius 3 is 2.75 bits per heavy atom. The number of hydrogen-bond donors (Lipinski definition) is 1. The van der Waals surface area contributed by atoms with Crippen molar-refractivity contribution in [3.63, 3.8) is 0 Å². The van der Waals surface area contributed by atoms with Crippen molar-refractivity contribution in [2.75, 3.05) is 13.2 Å². The van der Waals surface area contributed by atoms with Gasteiger partial charge in [-0.15, -0.1) is 0 Å². The van der Waals surface area contributed by atoms with Gasteiger partial charge in [-0.25, -0.2) is 0 Å². The molecule has 2 heteroatoms. The first-order chi connectivity index (χ1) is 7.68. The van der Waals surface area contributed by atoms with Crippen LogP contribution < -0.4 is 5.73 Å². The molecule has 88 valence electrons. The van der Waals surface area contributed by atoms with Crippen molar-refractivity contribution in [1.82, 2.24) is 0 Å². The molecule has 1 saturated heterocycles. The highest BCUT2D eigenvalue weighted by Crippen LogP contribution is 2.27. The first-order valence-electron chi connectivity index (χ1n) is 6.09. The Kier molecular flexibility index (Phi) is 3.62. The summed E-state index contributed by atoms with van der Waals surface area (Å²) >= 11 is 0. The summed E-state index contributed by atoms with van der Waals surface area (Å²) in [7, 11) is 0. The summed E-state index contributed by atoms with van der Waals surface area (Å²) in [6.07, 6.45) is 2.33. The monoisotopic (exact) mass is 219 g/mol. The summed E-state index contributed by atoms with van der Waals surface area (Å²) in [5, 5.41) is 0. The lowest BCUT2D eigenvalue weighted by Crippen LogP contribution is -2.29. The third-order valence-electron chi connectivity index (χ3n) is 3.62. The van der Waals surface area contributed by atoms with Crippen LogP contribution in [0.25, 0.3) is 0 Å². The lowest BCUT2D eigenvalue weighted by Gasteiger charge is -2.28. The van der Waals surface area contributed by atoms with Gasteiger partial charge in [-0.3, -0.25) is 0 Å². The molecule has 0 bridgehead atoms. The molecule has 0 aromatic heterocycles. The summed E-state index contributed by atoms with van der Waals surface area (Å²) < 4.78 is 5.50. The molecule has 2 N–H and O–H groups in total. The van der Waals surface area contributed by atoms with E-state index in [1.807, 2.05) is 0 Å². The number of aryl methyl sites for hydroxylation is 2. The number of hydrogen-bond acceptors (Lipinski definition) is 2. The van der Waals surface area contributed by atoms with Gasteiger partial charge in [0.2, 0.25) is 0 Å². The molecule has 1 aromatic carbocycles. The second-order valence-electron chi connectivity index (χ2n) is 4.85. The minimum absolute atomic E-state index is 0.125. The third-order valence-corrected chi connectivity index (χ3v) is 3.62. The highest BCUT2D eigenvalue weighted by atomic mass is 16.5. The molecule has 1 aliphatic heterocycles. The predicted octanol–water partition coefficient (Wildman–Crippen LogP) is 2.73. The van der Waals surface area contributed by atoms with Crippen molar-refractivity contribution in [1.29, 1.82) is 0 Å². The van der Waals surface area contributed by atoms with Gasteiger partial charge in [0, 0.05) is 18.6 Å². The zero-order chi connectivity index (χ0) is 11.5. The van der Waals surface area contributed by atoms with Gasteiger partial charge in [0.25, 0.3) is 0 Å². The van der Waals surface area contributed by atoms with Crippen molar-refractivity contribution in [2.24, 2.45) is 11.7 Å². The zero-order valence-electron chi connectivity index (χ0n) is 10.2. The van der Waals surface area contributed by atoms with E-state index < -0.39 is 0 Å². The van der Waals surface area contributed by atoms with E-state index in [4.69, 9.17) is 10.5 Å². The van der Waals surface area contributed by atoms with Gasteiger partial charge in [0.1, 0.15) is 0 Å². The molecule has 1 heterocycles. The number of benzene rings is 1. The fraction of sp³-hybridized carbons (Fsp3) is 0.571. The Bertz CT molecular complexity index is 356. The third kappa shape index (κ3) is 2.45. The summed E-state index contributed by atoms with van der Waals surface area (Å²) in [4.78, 5) is 0. The molecule has 2 unspecified atom stereocenters. The van der Waals surface area contributed by atoms with Crippen molar-refractivity contribution in [3.05, 3.63) is 34.9 Å². The minimum atomic E-state index is 0.125. The maximum absolute atomic E-state index is 6.31. The van der Waals surface area contributed by atoms with Gasteiger partial charge in [-0.05, 0) is 43.4 Å². The molecule has 1 aromatic rings. The standard InChI is InChI=1S/C14H21NO/c1-10-5-6-12(8-11(10)2)14(15)13-4-3-7-16-9-13/h5-6,8,13-14H,3-4,7,9,15H2,1-2H3. The van der Waals surface area contributed by atoms with E-state index in [2.05, 4.69) is 32.0 Å². The van der Waals surface area contributed by atoms with Crippen LogP contribution >= 0.6 is 0 Å². The average Bonchev–Trinajstić information content (AvgIpc) is 2.33. The minimum Gasteiger partial charge on any atom is -0.381 e. The Hall–Kier alpha value is -0.860. The molecule has 16 heavy (non-hydrogen) atoms. The van der Waals surface area contributed by atoms with Crippen LogP contribution in [0, 0.1) is 19.8 Å². The fourth-order valence-corrected chi connectivity index (χ4v) is 2.29. The zero-order valence-corrected chi connectivity index (χ0v) is 10.2. The van der Waals surface area contributed by atoms with Gasteiger partial charge in [0.15, 0.2) is 0 Å².